The largest absolute Gasteiger partial charge is 0.336 e. The Morgan fingerprint density at radius 2 is 2.06 bits per heavy atom. The number of hydrogen-bond acceptors (Lipinski definition) is 2. The molecular formula is C14H19N3. The van der Waals surface area contributed by atoms with Gasteiger partial charge in [0, 0.05) is 19.3 Å². The predicted octanol–water partition coefficient (Wildman–Crippen LogP) is 2.31. The van der Waals surface area contributed by atoms with Crippen LogP contribution in [0.5, 0.6) is 0 Å². The Hall–Kier alpha value is -1.61. The summed E-state index contributed by atoms with van der Waals surface area (Å²) in [4.78, 5) is 4.17. The molecule has 0 aliphatic heterocycles. The monoisotopic (exact) mass is 229 g/mol. The van der Waals surface area contributed by atoms with E-state index in [1.807, 2.05) is 26.6 Å². The number of rotatable bonds is 5. The molecule has 1 aromatic carbocycles. The van der Waals surface area contributed by atoms with Crippen molar-refractivity contribution >= 4 is 0 Å². The number of aryl methyl sites for hydroxylation is 2. The minimum absolute atomic E-state index is 0.364. The van der Waals surface area contributed by atoms with Crippen LogP contribution in [0.3, 0.4) is 0 Å². The molecule has 0 amide bonds. The zero-order valence-corrected chi connectivity index (χ0v) is 10.4. The lowest BCUT2D eigenvalue weighted by Crippen LogP contribution is -2.19. The highest BCUT2D eigenvalue weighted by molar-refractivity contribution is 5.15. The normalized spacial score (nSPS) is 12.6. The van der Waals surface area contributed by atoms with Crippen molar-refractivity contribution in [1.29, 1.82) is 0 Å². The number of hydrogen-bond donors (Lipinski definition) is 1. The summed E-state index contributed by atoms with van der Waals surface area (Å²) in [7, 11) is 4.04. The second-order valence-electron chi connectivity index (χ2n) is 4.29. The first-order valence-corrected chi connectivity index (χ1v) is 5.98. The molecule has 1 heterocycles. The third-order valence-corrected chi connectivity index (χ3v) is 3.12. The molecule has 3 nitrogen and oxygen atoms in total. The molecule has 1 N–H and O–H groups in total. The average Bonchev–Trinajstić information content (AvgIpc) is 2.78. The van der Waals surface area contributed by atoms with E-state index in [0.29, 0.717) is 6.04 Å². The maximum Gasteiger partial charge on any atom is 0.0946 e. The minimum atomic E-state index is 0.364. The summed E-state index contributed by atoms with van der Waals surface area (Å²) in [6, 6.07) is 11.0. The second kappa shape index (κ2) is 5.64. The summed E-state index contributed by atoms with van der Waals surface area (Å²) in [5.41, 5.74) is 2.62. The van der Waals surface area contributed by atoms with Crippen molar-refractivity contribution in [2.45, 2.75) is 18.9 Å². The first-order chi connectivity index (χ1) is 8.31. The van der Waals surface area contributed by atoms with Crippen molar-refractivity contribution in [3.8, 4) is 0 Å². The molecule has 0 saturated heterocycles. The molecule has 2 aromatic rings. The summed E-state index contributed by atoms with van der Waals surface area (Å²) in [6.07, 6.45) is 5.95. The third kappa shape index (κ3) is 2.94. The first-order valence-electron chi connectivity index (χ1n) is 5.98. The Kier molecular flexibility index (Phi) is 3.94. The van der Waals surface area contributed by atoms with Crippen LogP contribution in [0.1, 0.15) is 23.7 Å². The topological polar surface area (TPSA) is 29.9 Å². The fraction of sp³-hybridized carbons (Fsp3) is 0.357. The van der Waals surface area contributed by atoms with Gasteiger partial charge in [-0.1, -0.05) is 30.3 Å². The van der Waals surface area contributed by atoms with Crippen molar-refractivity contribution < 1.29 is 0 Å². The molecule has 2 rings (SSSR count). The first kappa shape index (κ1) is 11.9. The zero-order chi connectivity index (χ0) is 12.1. The van der Waals surface area contributed by atoms with Crippen LogP contribution in [-0.2, 0) is 13.5 Å². The number of nitrogens with zero attached hydrogens (tertiary/aromatic N) is 2. The van der Waals surface area contributed by atoms with Crippen LogP contribution >= 0.6 is 0 Å². The van der Waals surface area contributed by atoms with Crippen molar-refractivity contribution in [2.75, 3.05) is 7.05 Å². The van der Waals surface area contributed by atoms with Crippen LogP contribution in [0.4, 0.5) is 0 Å². The molecule has 3 heteroatoms. The van der Waals surface area contributed by atoms with Gasteiger partial charge in [-0.05, 0) is 25.5 Å². The van der Waals surface area contributed by atoms with Gasteiger partial charge in [0.2, 0.25) is 0 Å². The van der Waals surface area contributed by atoms with Crippen LogP contribution < -0.4 is 5.32 Å². The van der Waals surface area contributed by atoms with Gasteiger partial charge in [0.05, 0.1) is 12.0 Å². The van der Waals surface area contributed by atoms with Gasteiger partial charge >= 0.3 is 0 Å². The van der Waals surface area contributed by atoms with E-state index < -0.39 is 0 Å². The van der Waals surface area contributed by atoms with Crippen LogP contribution in [0, 0.1) is 0 Å². The van der Waals surface area contributed by atoms with Gasteiger partial charge in [0.15, 0.2) is 0 Å². The molecule has 90 valence electrons. The second-order valence-corrected chi connectivity index (χ2v) is 4.29. The molecule has 0 fully saturated rings. The van der Waals surface area contributed by atoms with Gasteiger partial charge in [-0.2, -0.15) is 0 Å². The fourth-order valence-electron chi connectivity index (χ4n) is 2.10. The highest BCUT2D eigenvalue weighted by Crippen LogP contribution is 2.17. The van der Waals surface area contributed by atoms with Gasteiger partial charge in [0.1, 0.15) is 0 Å². The van der Waals surface area contributed by atoms with Crippen molar-refractivity contribution in [3.05, 3.63) is 54.1 Å². The van der Waals surface area contributed by atoms with E-state index in [1.165, 1.54) is 11.3 Å². The van der Waals surface area contributed by atoms with E-state index >= 15 is 0 Å². The Labute approximate surface area is 103 Å². The molecule has 0 radical (unpaired) electrons. The van der Waals surface area contributed by atoms with Crippen LogP contribution in [0.2, 0.25) is 0 Å². The van der Waals surface area contributed by atoms with Crippen molar-refractivity contribution in [1.82, 2.24) is 14.9 Å². The van der Waals surface area contributed by atoms with E-state index in [4.69, 9.17) is 0 Å². The number of imidazole rings is 1. The van der Waals surface area contributed by atoms with Gasteiger partial charge in [-0.15, -0.1) is 0 Å². The maximum absolute atomic E-state index is 4.17. The van der Waals surface area contributed by atoms with E-state index in [2.05, 4.69) is 45.2 Å². The molecule has 17 heavy (non-hydrogen) atoms. The molecule has 0 bridgehead atoms. The molecule has 1 aromatic heterocycles. The fourth-order valence-corrected chi connectivity index (χ4v) is 2.10. The predicted molar refractivity (Wildman–Crippen MR) is 69.8 cm³/mol. The zero-order valence-electron chi connectivity index (χ0n) is 10.4. The Morgan fingerprint density at radius 3 is 2.65 bits per heavy atom. The van der Waals surface area contributed by atoms with E-state index in [-0.39, 0.29) is 0 Å². The maximum atomic E-state index is 4.17. The summed E-state index contributed by atoms with van der Waals surface area (Å²) in [6.45, 7) is 0. The highest BCUT2D eigenvalue weighted by atomic mass is 15.1. The summed E-state index contributed by atoms with van der Waals surface area (Å²) < 4.78 is 2.08. The Balaban J connectivity index is 2.00. The number of nitrogens with one attached hydrogen (secondary N) is 1. The molecule has 0 saturated carbocycles. The SMILES string of the molecule is CNC(CCc1ccccc1)c1cncn1C. The molecular weight excluding hydrogens is 210 g/mol. The van der Waals surface area contributed by atoms with Gasteiger partial charge in [-0.3, -0.25) is 0 Å². The molecule has 0 aliphatic rings. The smallest absolute Gasteiger partial charge is 0.0946 e. The lowest BCUT2D eigenvalue weighted by molar-refractivity contribution is 0.519. The molecule has 1 atom stereocenters. The lowest BCUT2D eigenvalue weighted by Gasteiger charge is -2.16. The standard InChI is InChI=1S/C14H19N3/c1-15-13(14-10-16-11-17(14)2)9-8-12-6-4-3-5-7-12/h3-7,10-11,13,15H,8-9H2,1-2H3. The summed E-state index contributed by atoms with van der Waals surface area (Å²) in [5.74, 6) is 0. The van der Waals surface area contributed by atoms with Crippen LogP contribution in [-0.4, -0.2) is 16.6 Å². The molecule has 1 unspecified atom stereocenters. The molecule has 0 spiro atoms. The quantitative estimate of drug-likeness (QED) is 0.852. The van der Waals surface area contributed by atoms with E-state index in [0.717, 1.165) is 12.8 Å². The Morgan fingerprint density at radius 1 is 1.29 bits per heavy atom. The van der Waals surface area contributed by atoms with E-state index in [9.17, 15) is 0 Å². The van der Waals surface area contributed by atoms with E-state index in [1.54, 1.807) is 0 Å². The number of aromatic nitrogens is 2. The number of benzene rings is 1. The summed E-state index contributed by atoms with van der Waals surface area (Å²) in [5, 5.41) is 3.35. The lowest BCUT2D eigenvalue weighted by atomic mass is 10.0. The average molecular weight is 229 g/mol. The highest BCUT2D eigenvalue weighted by Gasteiger charge is 2.12. The molecule has 0 aliphatic carbocycles. The van der Waals surface area contributed by atoms with Crippen molar-refractivity contribution in [2.24, 2.45) is 7.05 Å². The summed E-state index contributed by atoms with van der Waals surface area (Å²) >= 11 is 0. The van der Waals surface area contributed by atoms with Gasteiger partial charge in [0.25, 0.3) is 0 Å². The third-order valence-electron chi connectivity index (χ3n) is 3.12. The Bertz CT molecular complexity index is 448. The minimum Gasteiger partial charge on any atom is -0.336 e. The van der Waals surface area contributed by atoms with Gasteiger partial charge < -0.3 is 9.88 Å². The van der Waals surface area contributed by atoms with Crippen molar-refractivity contribution in [3.63, 3.8) is 0 Å². The van der Waals surface area contributed by atoms with Gasteiger partial charge in [-0.25, -0.2) is 4.98 Å². The van der Waals surface area contributed by atoms with Crippen LogP contribution in [0.25, 0.3) is 0 Å². The van der Waals surface area contributed by atoms with Crippen LogP contribution in [0.15, 0.2) is 42.9 Å².